The first-order chi connectivity index (χ1) is 9.63. The summed E-state index contributed by atoms with van der Waals surface area (Å²) in [4.78, 5) is 0. The molecular weight excluding hydrogens is 324 g/mol. The van der Waals surface area contributed by atoms with Crippen LogP contribution in [-0.2, 0) is 0 Å². The Labute approximate surface area is 127 Å². The lowest BCUT2D eigenvalue weighted by Gasteiger charge is -2.22. The molecule has 0 bridgehead atoms. The van der Waals surface area contributed by atoms with Crippen LogP contribution >= 0.6 is 15.9 Å². The average Bonchev–Trinajstić information content (AvgIpc) is 2.88. The van der Waals surface area contributed by atoms with Gasteiger partial charge in [0.2, 0.25) is 0 Å². The van der Waals surface area contributed by atoms with Crippen molar-refractivity contribution < 1.29 is 8.78 Å². The molecule has 0 heterocycles. The van der Waals surface area contributed by atoms with Gasteiger partial charge in [-0.05, 0) is 71.6 Å². The summed E-state index contributed by atoms with van der Waals surface area (Å²) < 4.78 is 28.2. The SMILES string of the molecule is CCCNC(c1cc(F)c(Br)cc1F)C1C2CCCC21. The Bertz CT molecular complexity index is 495. The van der Waals surface area contributed by atoms with Gasteiger partial charge in [0.25, 0.3) is 0 Å². The minimum Gasteiger partial charge on any atom is -0.310 e. The summed E-state index contributed by atoms with van der Waals surface area (Å²) in [6.45, 7) is 2.94. The second-order valence-corrected chi connectivity index (χ2v) is 6.91. The highest BCUT2D eigenvalue weighted by atomic mass is 79.9. The molecule has 0 amide bonds. The molecule has 1 N–H and O–H groups in total. The van der Waals surface area contributed by atoms with Crippen LogP contribution in [0.25, 0.3) is 0 Å². The van der Waals surface area contributed by atoms with Crippen LogP contribution in [0.5, 0.6) is 0 Å². The lowest BCUT2D eigenvalue weighted by atomic mass is 9.96. The van der Waals surface area contributed by atoms with Gasteiger partial charge in [-0.25, -0.2) is 8.78 Å². The highest BCUT2D eigenvalue weighted by molar-refractivity contribution is 9.10. The van der Waals surface area contributed by atoms with Gasteiger partial charge in [0.1, 0.15) is 11.6 Å². The first kappa shape index (κ1) is 14.5. The number of hydrogen-bond acceptors (Lipinski definition) is 1. The van der Waals surface area contributed by atoms with E-state index in [-0.39, 0.29) is 22.1 Å². The standard InChI is InChI=1S/C16H20BrF2N/c1-2-6-20-16(15-9-4-3-5-10(9)15)11-7-14(19)12(17)8-13(11)18/h7-10,15-16,20H,2-6H2,1H3. The Morgan fingerprint density at radius 3 is 2.60 bits per heavy atom. The van der Waals surface area contributed by atoms with Crippen LogP contribution in [0, 0.1) is 29.4 Å². The van der Waals surface area contributed by atoms with Gasteiger partial charge in [0, 0.05) is 11.6 Å². The third kappa shape index (κ3) is 2.52. The van der Waals surface area contributed by atoms with Crippen LogP contribution < -0.4 is 5.32 Å². The Balaban J connectivity index is 1.87. The summed E-state index contributed by atoms with van der Waals surface area (Å²) in [5.41, 5.74) is 0.499. The Hall–Kier alpha value is -0.480. The zero-order chi connectivity index (χ0) is 14.3. The van der Waals surface area contributed by atoms with Crippen molar-refractivity contribution >= 4 is 15.9 Å². The van der Waals surface area contributed by atoms with Crippen molar-refractivity contribution in [3.8, 4) is 0 Å². The van der Waals surface area contributed by atoms with E-state index in [0.717, 1.165) is 24.8 Å². The predicted molar refractivity (Wildman–Crippen MR) is 79.4 cm³/mol. The molecule has 0 spiro atoms. The van der Waals surface area contributed by atoms with Crippen molar-refractivity contribution in [1.82, 2.24) is 5.32 Å². The molecule has 110 valence electrons. The second kappa shape index (κ2) is 5.72. The van der Waals surface area contributed by atoms with Gasteiger partial charge < -0.3 is 5.32 Å². The molecule has 0 aliphatic heterocycles. The fraction of sp³-hybridized carbons (Fsp3) is 0.625. The molecule has 2 fully saturated rings. The van der Waals surface area contributed by atoms with E-state index < -0.39 is 0 Å². The first-order valence-electron chi connectivity index (χ1n) is 7.51. The minimum absolute atomic E-state index is 0.0344. The van der Waals surface area contributed by atoms with Gasteiger partial charge in [-0.3, -0.25) is 0 Å². The zero-order valence-corrected chi connectivity index (χ0v) is 13.2. The van der Waals surface area contributed by atoms with Gasteiger partial charge in [0.15, 0.2) is 0 Å². The molecule has 0 aromatic heterocycles. The van der Waals surface area contributed by atoms with Crippen molar-refractivity contribution in [2.45, 2.75) is 38.6 Å². The van der Waals surface area contributed by atoms with Crippen molar-refractivity contribution in [1.29, 1.82) is 0 Å². The molecule has 3 unspecified atom stereocenters. The molecule has 4 heteroatoms. The topological polar surface area (TPSA) is 12.0 Å². The number of hydrogen-bond donors (Lipinski definition) is 1. The van der Waals surface area contributed by atoms with Gasteiger partial charge >= 0.3 is 0 Å². The van der Waals surface area contributed by atoms with Crippen molar-refractivity contribution in [3.63, 3.8) is 0 Å². The predicted octanol–water partition coefficient (Wildman–Crippen LogP) is 4.81. The molecule has 1 aromatic carbocycles. The van der Waals surface area contributed by atoms with Crippen molar-refractivity contribution in [2.24, 2.45) is 17.8 Å². The first-order valence-corrected chi connectivity index (χ1v) is 8.30. The lowest BCUT2D eigenvalue weighted by molar-refractivity contribution is 0.401. The van der Waals surface area contributed by atoms with Gasteiger partial charge in [0.05, 0.1) is 4.47 Å². The van der Waals surface area contributed by atoms with E-state index in [1.165, 1.54) is 31.4 Å². The van der Waals surface area contributed by atoms with Crippen LogP contribution in [0.15, 0.2) is 16.6 Å². The Kier molecular flexibility index (Phi) is 4.14. The molecule has 1 nitrogen and oxygen atoms in total. The molecule has 2 aliphatic rings. The smallest absolute Gasteiger partial charge is 0.137 e. The number of nitrogens with one attached hydrogen (secondary N) is 1. The quantitative estimate of drug-likeness (QED) is 0.756. The van der Waals surface area contributed by atoms with E-state index in [1.807, 2.05) is 0 Å². The maximum Gasteiger partial charge on any atom is 0.137 e. The summed E-state index contributed by atoms with van der Waals surface area (Å²) in [5.74, 6) is 1.24. The van der Waals surface area contributed by atoms with Crippen LogP contribution in [0.2, 0.25) is 0 Å². The van der Waals surface area contributed by atoms with Crippen LogP contribution in [0.3, 0.4) is 0 Å². The van der Waals surface area contributed by atoms with E-state index in [4.69, 9.17) is 0 Å². The van der Waals surface area contributed by atoms with Crippen LogP contribution in [-0.4, -0.2) is 6.54 Å². The molecule has 1 aromatic rings. The number of halogens is 3. The molecule has 0 radical (unpaired) electrons. The molecule has 20 heavy (non-hydrogen) atoms. The Morgan fingerprint density at radius 1 is 1.25 bits per heavy atom. The van der Waals surface area contributed by atoms with Crippen LogP contribution in [0.4, 0.5) is 8.78 Å². The van der Waals surface area contributed by atoms with Crippen molar-refractivity contribution in [2.75, 3.05) is 6.54 Å². The van der Waals surface area contributed by atoms with Gasteiger partial charge in [-0.1, -0.05) is 13.3 Å². The third-order valence-corrected chi connectivity index (χ3v) is 5.45. The van der Waals surface area contributed by atoms with E-state index >= 15 is 0 Å². The normalized spacial score (nSPS) is 29.3. The summed E-state index contributed by atoms with van der Waals surface area (Å²) in [5, 5.41) is 3.44. The highest BCUT2D eigenvalue weighted by Crippen LogP contribution is 2.62. The monoisotopic (exact) mass is 343 g/mol. The minimum atomic E-state index is -0.379. The summed E-state index contributed by atoms with van der Waals surface area (Å²) in [7, 11) is 0. The van der Waals surface area contributed by atoms with Crippen LogP contribution in [0.1, 0.15) is 44.2 Å². The molecule has 2 aliphatic carbocycles. The third-order valence-electron chi connectivity index (χ3n) is 4.85. The van der Waals surface area contributed by atoms with Gasteiger partial charge in [-0.15, -0.1) is 0 Å². The Morgan fingerprint density at radius 2 is 1.95 bits per heavy atom. The van der Waals surface area contributed by atoms with E-state index in [9.17, 15) is 8.78 Å². The lowest BCUT2D eigenvalue weighted by Crippen LogP contribution is -2.26. The summed E-state index contributed by atoms with van der Waals surface area (Å²) >= 11 is 3.05. The number of fused-ring (bicyclic) bond motifs is 1. The highest BCUT2D eigenvalue weighted by Gasteiger charge is 2.56. The van der Waals surface area contributed by atoms with Gasteiger partial charge in [-0.2, -0.15) is 0 Å². The van der Waals surface area contributed by atoms with E-state index in [1.54, 1.807) is 0 Å². The maximum absolute atomic E-state index is 14.2. The molecule has 3 rings (SSSR count). The average molecular weight is 344 g/mol. The summed E-state index contributed by atoms with van der Waals surface area (Å²) in [6, 6.07) is 2.58. The second-order valence-electron chi connectivity index (χ2n) is 6.06. The fourth-order valence-corrected chi connectivity index (χ4v) is 4.22. The number of benzene rings is 1. The summed E-state index contributed by atoms with van der Waals surface area (Å²) in [6.07, 6.45) is 4.79. The van der Waals surface area contributed by atoms with Crippen molar-refractivity contribution in [3.05, 3.63) is 33.8 Å². The molecule has 2 saturated carbocycles. The zero-order valence-electron chi connectivity index (χ0n) is 11.6. The molecule has 0 saturated heterocycles. The molecular formula is C16H20BrF2N. The van der Waals surface area contributed by atoms with E-state index in [0.29, 0.717) is 11.5 Å². The maximum atomic E-state index is 14.2. The van der Waals surface area contributed by atoms with E-state index in [2.05, 4.69) is 28.2 Å². The number of rotatable bonds is 5. The molecule has 3 atom stereocenters. The largest absolute Gasteiger partial charge is 0.310 e. The fourth-order valence-electron chi connectivity index (χ4n) is 3.90.